The van der Waals surface area contributed by atoms with Crippen LogP contribution in [0.5, 0.6) is 5.75 Å². The molecule has 0 saturated carbocycles. The smallest absolute Gasteiger partial charge is 0.315 e. The van der Waals surface area contributed by atoms with Crippen molar-refractivity contribution in [1.29, 1.82) is 0 Å². The number of nitrogens with zero attached hydrogens (tertiary/aromatic N) is 5. The molecular weight excluding hydrogens is 1360 g/mol. The van der Waals surface area contributed by atoms with Crippen LogP contribution >= 0.6 is 11.8 Å². The van der Waals surface area contributed by atoms with Crippen LogP contribution in [0.4, 0.5) is 16.2 Å². The average Bonchev–Trinajstić information content (AvgIpc) is 1.14. The molecule has 586 valence electrons. The first-order valence-corrected chi connectivity index (χ1v) is 40.3. The second-order valence-electron chi connectivity index (χ2n) is 28.0. The zero-order valence-electron chi connectivity index (χ0n) is 62.1. The van der Waals surface area contributed by atoms with Crippen LogP contribution < -0.4 is 31.3 Å². The third-order valence-electron chi connectivity index (χ3n) is 20.4. The van der Waals surface area contributed by atoms with Gasteiger partial charge in [0.05, 0.1) is 180 Å². The summed E-state index contributed by atoms with van der Waals surface area (Å²) in [6.07, 6.45) is 17.0. The fraction of sp³-hybridized carbons (Fsp3) is 0.776. The van der Waals surface area contributed by atoms with E-state index in [0.29, 0.717) is 236 Å². The first-order chi connectivity index (χ1) is 51.2. The number of urea groups is 1. The number of carbonyl (C=O) groups is 5. The largest absolute Gasteiger partial charge is 0.478 e. The second kappa shape index (κ2) is 49.8. The van der Waals surface area contributed by atoms with Gasteiger partial charge in [0.2, 0.25) is 5.91 Å². The number of rotatable bonds is 55. The number of nitrogens with one attached hydrogen (secondary N) is 5. The van der Waals surface area contributed by atoms with Crippen molar-refractivity contribution in [3.8, 4) is 5.75 Å². The zero-order valence-corrected chi connectivity index (χ0v) is 62.9. The van der Waals surface area contributed by atoms with E-state index in [2.05, 4.69) is 41.3 Å². The lowest BCUT2D eigenvalue weighted by Crippen LogP contribution is -2.40. The Hall–Kier alpha value is -5.02. The maximum absolute atomic E-state index is 14.7. The summed E-state index contributed by atoms with van der Waals surface area (Å²) in [7, 11) is 0. The molecule has 7 aliphatic rings. The molecule has 28 heteroatoms. The highest BCUT2D eigenvalue weighted by Crippen LogP contribution is 2.35. The lowest BCUT2D eigenvalue weighted by atomic mass is 9.92. The predicted octanol–water partition coefficient (Wildman–Crippen LogP) is 6.29. The van der Waals surface area contributed by atoms with Crippen LogP contribution in [0.3, 0.4) is 0 Å². The predicted molar refractivity (Wildman–Crippen MR) is 399 cm³/mol. The van der Waals surface area contributed by atoms with Crippen LogP contribution in [0, 0.1) is 11.8 Å². The Morgan fingerprint density at radius 2 is 0.904 bits per heavy atom. The molecule has 0 radical (unpaired) electrons. The fourth-order valence-electron chi connectivity index (χ4n) is 14.3. The molecule has 0 unspecified atom stereocenters. The van der Waals surface area contributed by atoms with Crippen LogP contribution in [-0.2, 0) is 56.9 Å². The minimum atomic E-state index is -0.327. The zero-order chi connectivity index (χ0) is 72.3. The lowest BCUT2D eigenvalue weighted by molar-refractivity contribution is -0.121. The average molecular weight is 1480 g/mol. The van der Waals surface area contributed by atoms with Gasteiger partial charge in [-0.25, -0.2) is 4.79 Å². The maximum Gasteiger partial charge on any atom is 0.315 e. The second-order valence-corrected chi connectivity index (χ2v) is 29.3. The molecule has 7 saturated heterocycles. The number of hydrogen-bond acceptors (Lipinski definition) is 22. The number of ether oxygens (including phenoxy) is 12. The summed E-state index contributed by atoms with van der Waals surface area (Å²) in [6, 6.07) is 11.2. The summed E-state index contributed by atoms with van der Waals surface area (Å²) in [5.74, 6) is 2.30. The molecule has 5 N–H and O–H groups in total. The third kappa shape index (κ3) is 31.3. The number of carbonyl (C=O) groups excluding carboxylic acids is 5. The first kappa shape index (κ1) is 83.0. The molecule has 7 fully saturated rings. The normalized spacial score (nSPS) is 19.8. The van der Waals surface area contributed by atoms with Crippen molar-refractivity contribution in [3.05, 3.63) is 53.1 Å². The van der Waals surface area contributed by atoms with Gasteiger partial charge in [-0.2, -0.15) is 11.8 Å². The molecule has 2 aromatic rings. The van der Waals surface area contributed by atoms with Gasteiger partial charge in [0.15, 0.2) is 0 Å². The number of anilines is 2. The summed E-state index contributed by atoms with van der Waals surface area (Å²) in [5, 5.41) is 15.9. The summed E-state index contributed by atoms with van der Waals surface area (Å²) < 4.78 is 68.1. The van der Waals surface area contributed by atoms with Crippen molar-refractivity contribution in [1.82, 2.24) is 45.8 Å². The van der Waals surface area contributed by atoms with Gasteiger partial charge in [0.1, 0.15) is 12.5 Å². The van der Waals surface area contributed by atoms with Gasteiger partial charge >= 0.3 is 6.03 Å². The molecule has 0 spiro atoms. The molecule has 9 rings (SSSR count). The first-order valence-electron chi connectivity index (χ1n) is 39.2. The molecule has 7 heterocycles. The van der Waals surface area contributed by atoms with Crippen LogP contribution in [0.1, 0.15) is 134 Å². The van der Waals surface area contributed by atoms with Crippen molar-refractivity contribution in [3.63, 3.8) is 0 Å². The van der Waals surface area contributed by atoms with E-state index in [1.165, 1.54) is 58.3 Å². The lowest BCUT2D eigenvalue weighted by Gasteiger charge is -2.34. The fourth-order valence-corrected chi connectivity index (χ4v) is 15.8. The van der Waals surface area contributed by atoms with E-state index in [1.807, 2.05) is 45.8 Å². The summed E-state index contributed by atoms with van der Waals surface area (Å²) in [5.41, 5.74) is 2.32. The van der Waals surface area contributed by atoms with Gasteiger partial charge in [0.25, 0.3) is 17.7 Å². The Balaban J connectivity index is 0.557. The van der Waals surface area contributed by atoms with Gasteiger partial charge in [0, 0.05) is 75.3 Å². The number of thioether (sulfide) groups is 1. The van der Waals surface area contributed by atoms with Crippen molar-refractivity contribution < 1.29 is 80.8 Å². The molecule has 27 nitrogen and oxygen atoms in total. The van der Waals surface area contributed by atoms with Crippen LogP contribution in [0.2, 0.25) is 0 Å². The van der Waals surface area contributed by atoms with Crippen molar-refractivity contribution in [2.45, 2.75) is 120 Å². The molecule has 104 heavy (non-hydrogen) atoms. The van der Waals surface area contributed by atoms with Gasteiger partial charge < -0.3 is 103 Å². The van der Waals surface area contributed by atoms with E-state index in [0.717, 1.165) is 96.1 Å². The Kier molecular flexibility index (Phi) is 39.8. The molecule has 6 amide bonds. The Morgan fingerprint density at radius 3 is 1.39 bits per heavy atom. The van der Waals surface area contributed by atoms with E-state index in [-0.39, 0.29) is 54.9 Å². The van der Waals surface area contributed by atoms with Crippen LogP contribution in [0.25, 0.3) is 0 Å². The number of piperidine rings is 2. The quantitative estimate of drug-likeness (QED) is 0.0359. The number of likely N-dealkylation sites (tertiary alicyclic amines) is 5. The molecule has 2 aromatic carbocycles. The van der Waals surface area contributed by atoms with E-state index < -0.39 is 0 Å². The van der Waals surface area contributed by atoms with Crippen LogP contribution in [0.15, 0.2) is 36.4 Å². The standard InChI is InChI=1S/C76H124N10O17S/c87-71(10-2-1-9-70-72-69(59-104-70)80-76(91)81-72)77-21-35-92-37-39-94-41-43-96-45-47-98-49-51-100-53-55-102-56-54-101-52-50-99-48-46-97-44-42-95-40-38-93-36-22-78-73(88)66-58-64(103-60-84-27-7-8-28-84)12-14-67(66)79-68-57-63(74(89)85-31-17-61(18-32-85)15-29-82-23-3-4-24-82)11-13-65(68)75(90)86-33-19-62(20-34-86)16-30-83-25-5-6-26-83/h11-14,57-58,61-62,69-70,72,79H,1-10,15-56,59-60H2,(H,77,87)(H,78,88)(H2,80,81,91)/t69-,70-,72-/m0/s1. The summed E-state index contributed by atoms with van der Waals surface area (Å²) >= 11 is 1.90. The molecule has 0 aliphatic carbocycles. The van der Waals surface area contributed by atoms with E-state index in [4.69, 9.17) is 56.8 Å². The minimum absolute atomic E-state index is 0.0347. The monoisotopic (exact) mass is 1480 g/mol. The minimum Gasteiger partial charge on any atom is -0.478 e. The van der Waals surface area contributed by atoms with Crippen LogP contribution in [-0.4, -0.2) is 321 Å². The highest BCUT2D eigenvalue weighted by atomic mass is 32.2. The van der Waals surface area contributed by atoms with Gasteiger partial charge in [-0.15, -0.1) is 0 Å². The van der Waals surface area contributed by atoms with E-state index in [1.54, 1.807) is 12.1 Å². The van der Waals surface area contributed by atoms with Gasteiger partial charge in [-0.05, 0) is 177 Å². The Bertz CT molecular complexity index is 2750. The number of fused-ring (bicyclic) bond motifs is 1. The Morgan fingerprint density at radius 1 is 0.452 bits per heavy atom. The van der Waals surface area contributed by atoms with Gasteiger partial charge in [-0.3, -0.25) is 24.1 Å². The third-order valence-corrected chi connectivity index (χ3v) is 21.9. The molecule has 3 atom stereocenters. The molecule has 0 aromatic heterocycles. The highest BCUT2D eigenvalue weighted by Gasteiger charge is 2.42. The SMILES string of the molecule is O=C(CCCC[C@@H]1SC[C@@H]2NC(=O)N[C@@H]21)NCCOCCOCCOCCOCCOCCOCCOCCOCCOCCOCCOCCNC(=O)c1cc(OCN2CCCC2)ccc1Nc1cc(C(=O)N2CCC(CCN3CCCC3)CC2)ccc1C(=O)N1CCC(CCN2CCCC2)CC1. The van der Waals surface area contributed by atoms with E-state index >= 15 is 0 Å². The molecule has 0 bridgehead atoms. The maximum atomic E-state index is 14.7. The molecular formula is C76H124N10O17S. The number of amides is 6. The van der Waals surface area contributed by atoms with Gasteiger partial charge in [-0.1, -0.05) is 6.42 Å². The highest BCUT2D eigenvalue weighted by molar-refractivity contribution is 8.00. The Labute approximate surface area is 622 Å². The number of hydrogen-bond donors (Lipinski definition) is 5. The summed E-state index contributed by atoms with van der Waals surface area (Å²) in [4.78, 5) is 78.3. The van der Waals surface area contributed by atoms with Crippen molar-refractivity contribution in [2.75, 3.05) is 255 Å². The van der Waals surface area contributed by atoms with Crippen molar-refractivity contribution >= 4 is 52.8 Å². The topological polar surface area (TPSA) is 272 Å². The van der Waals surface area contributed by atoms with E-state index in [9.17, 15) is 24.0 Å². The molecule has 7 aliphatic heterocycles. The number of benzene rings is 2. The summed E-state index contributed by atoms with van der Waals surface area (Å²) in [6.45, 7) is 22.4. The van der Waals surface area contributed by atoms with Crippen molar-refractivity contribution in [2.24, 2.45) is 11.8 Å². The number of unbranched alkanes of at least 4 members (excludes halogenated alkanes) is 1.